The Labute approximate surface area is 113 Å². The summed E-state index contributed by atoms with van der Waals surface area (Å²) in [6.45, 7) is 2.29. The minimum Gasteiger partial charge on any atom is -0.506 e. The van der Waals surface area contributed by atoms with Crippen molar-refractivity contribution in [2.75, 3.05) is 0 Å². The molecule has 2 rings (SSSR count). The lowest BCUT2D eigenvalue weighted by atomic mass is 10.2. The molecule has 0 unspecified atom stereocenters. The Morgan fingerprint density at radius 1 is 1.56 bits per heavy atom. The molecule has 18 heavy (non-hydrogen) atoms. The number of carbonyl (C=O) groups excluding carboxylic acids is 1. The fourth-order valence-corrected chi connectivity index (χ4v) is 2.20. The zero-order valence-electron chi connectivity index (χ0n) is 9.61. The van der Waals surface area contributed by atoms with Crippen LogP contribution in [0, 0.1) is 6.92 Å². The van der Waals surface area contributed by atoms with Gasteiger partial charge in [0.1, 0.15) is 5.75 Å². The number of nitrogens with one attached hydrogen (secondary N) is 1. The molecule has 0 bridgehead atoms. The third-order valence-corrected chi connectivity index (χ3v) is 3.43. The lowest BCUT2D eigenvalue weighted by molar-refractivity contribution is 0.0950. The lowest BCUT2D eigenvalue weighted by Gasteiger charge is -2.04. The zero-order valence-corrected chi connectivity index (χ0v) is 11.2. The van der Waals surface area contributed by atoms with E-state index in [0.29, 0.717) is 12.1 Å². The number of thiazole rings is 1. The number of amides is 1. The number of halogens is 1. The number of aromatic hydroxyl groups is 1. The van der Waals surface area contributed by atoms with Crippen LogP contribution in [0.25, 0.3) is 0 Å². The monoisotopic (exact) mass is 282 g/mol. The topological polar surface area (TPSA) is 62.2 Å². The van der Waals surface area contributed by atoms with Crippen molar-refractivity contribution in [1.82, 2.24) is 10.3 Å². The summed E-state index contributed by atoms with van der Waals surface area (Å²) in [6, 6.07) is 4.34. The number of benzene rings is 1. The van der Waals surface area contributed by atoms with Gasteiger partial charge in [0.05, 0.1) is 22.3 Å². The molecule has 1 aromatic carbocycles. The molecule has 0 spiro atoms. The Kier molecular flexibility index (Phi) is 3.84. The standard InChI is InChI=1S/C12H11ClN2O2S/c1-7-15-9(6-18-7)5-14-12(17)8-2-3-11(16)10(13)4-8/h2-4,6,16H,5H2,1H3,(H,14,17). The van der Waals surface area contributed by atoms with E-state index in [9.17, 15) is 9.90 Å². The van der Waals surface area contributed by atoms with E-state index in [1.807, 2.05) is 12.3 Å². The van der Waals surface area contributed by atoms with Crippen LogP contribution in [0.4, 0.5) is 0 Å². The molecule has 0 atom stereocenters. The maximum atomic E-state index is 11.8. The molecule has 0 saturated carbocycles. The van der Waals surface area contributed by atoms with E-state index in [4.69, 9.17) is 11.6 Å². The minimum absolute atomic E-state index is 0.0386. The van der Waals surface area contributed by atoms with Crippen LogP contribution < -0.4 is 5.32 Å². The van der Waals surface area contributed by atoms with Crippen LogP contribution >= 0.6 is 22.9 Å². The van der Waals surface area contributed by atoms with Crippen molar-refractivity contribution in [2.24, 2.45) is 0 Å². The van der Waals surface area contributed by atoms with E-state index >= 15 is 0 Å². The number of aromatic nitrogens is 1. The number of carbonyl (C=O) groups is 1. The fourth-order valence-electron chi connectivity index (χ4n) is 1.41. The molecule has 94 valence electrons. The molecule has 0 radical (unpaired) electrons. The van der Waals surface area contributed by atoms with E-state index in [2.05, 4.69) is 10.3 Å². The maximum Gasteiger partial charge on any atom is 0.251 e. The van der Waals surface area contributed by atoms with Crippen molar-refractivity contribution in [3.05, 3.63) is 44.9 Å². The Morgan fingerprint density at radius 3 is 2.94 bits per heavy atom. The molecule has 4 nitrogen and oxygen atoms in total. The summed E-state index contributed by atoms with van der Waals surface area (Å²) in [4.78, 5) is 16.1. The van der Waals surface area contributed by atoms with Crippen molar-refractivity contribution >= 4 is 28.8 Å². The summed E-state index contributed by atoms with van der Waals surface area (Å²) < 4.78 is 0. The van der Waals surface area contributed by atoms with E-state index in [1.165, 1.54) is 29.5 Å². The normalized spacial score (nSPS) is 10.3. The Bertz CT molecular complexity index is 583. The van der Waals surface area contributed by atoms with Crippen molar-refractivity contribution in [2.45, 2.75) is 13.5 Å². The third-order valence-electron chi connectivity index (χ3n) is 2.31. The van der Waals surface area contributed by atoms with E-state index < -0.39 is 0 Å². The van der Waals surface area contributed by atoms with Gasteiger partial charge in [-0.05, 0) is 25.1 Å². The first-order valence-electron chi connectivity index (χ1n) is 5.24. The quantitative estimate of drug-likeness (QED) is 0.910. The molecule has 2 aromatic rings. The summed E-state index contributed by atoms with van der Waals surface area (Å²) in [6.07, 6.45) is 0. The molecule has 1 aromatic heterocycles. The van der Waals surface area contributed by atoms with Crippen LogP contribution in [0.1, 0.15) is 21.1 Å². The number of hydrogen-bond donors (Lipinski definition) is 2. The van der Waals surface area contributed by atoms with Crippen LogP contribution in [-0.4, -0.2) is 16.0 Å². The highest BCUT2D eigenvalue weighted by atomic mass is 35.5. The first-order chi connectivity index (χ1) is 8.56. The predicted octanol–water partition coefficient (Wildman–Crippen LogP) is 2.74. The number of nitrogens with zero attached hydrogens (tertiary/aromatic N) is 1. The number of phenolic OH excluding ortho intramolecular Hbond substituents is 1. The van der Waals surface area contributed by atoms with Gasteiger partial charge >= 0.3 is 0 Å². The van der Waals surface area contributed by atoms with Crippen molar-refractivity contribution in [3.63, 3.8) is 0 Å². The van der Waals surface area contributed by atoms with Crippen LogP contribution in [0.3, 0.4) is 0 Å². The van der Waals surface area contributed by atoms with Gasteiger partial charge in [0.25, 0.3) is 5.91 Å². The number of phenols is 1. The molecule has 0 aliphatic carbocycles. The lowest BCUT2D eigenvalue weighted by Crippen LogP contribution is -2.22. The average Bonchev–Trinajstić information content (AvgIpc) is 2.75. The first-order valence-corrected chi connectivity index (χ1v) is 6.50. The summed E-state index contributed by atoms with van der Waals surface area (Å²) in [5.41, 5.74) is 1.24. The summed E-state index contributed by atoms with van der Waals surface area (Å²) >= 11 is 7.28. The third kappa shape index (κ3) is 3.00. The van der Waals surface area contributed by atoms with Crippen LogP contribution in [0.15, 0.2) is 23.6 Å². The number of hydrogen-bond acceptors (Lipinski definition) is 4. The van der Waals surface area contributed by atoms with E-state index in [-0.39, 0.29) is 16.7 Å². The van der Waals surface area contributed by atoms with Gasteiger partial charge in [-0.25, -0.2) is 4.98 Å². The van der Waals surface area contributed by atoms with Crippen molar-refractivity contribution < 1.29 is 9.90 Å². The molecular weight excluding hydrogens is 272 g/mol. The van der Waals surface area contributed by atoms with Gasteiger partial charge in [0.2, 0.25) is 0 Å². The highest BCUT2D eigenvalue weighted by Crippen LogP contribution is 2.23. The fraction of sp³-hybridized carbons (Fsp3) is 0.167. The van der Waals surface area contributed by atoms with Crippen LogP contribution in [0.5, 0.6) is 5.75 Å². The highest BCUT2D eigenvalue weighted by molar-refractivity contribution is 7.09. The van der Waals surface area contributed by atoms with E-state index in [0.717, 1.165) is 10.7 Å². The van der Waals surface area contributed by atoms with Crippen LogP contribution in [0.2, 0.25) is 5.02 Å². The van der Waals surface area contributed by atoms with Crippen molar-refractivity contribution in [1.29, 1.82) is 0 Å². The smallest absolute Gasteiger partial charge is 0.251 e. The molecule has 2 N–H and O–H groups in total. The molecule has 1 amide bonds. The van der Waals surface area contributed by atoms with Gasteiger partial charge in [-0.1, -0.05) is 11.6 Å². The molecule has 0 saturated heterocycles. The second-order valence-electron chi connectivity index (χ2n) is 3.71. The van der Waals surface area contributed by atoms with Gasteiger partial charge in [0, 0.05) is 10.9 Å². The number of aryl methyl sites for hydroxylation is 1. The molecular formula is C12H11ClN2O2S. The Hall–Kier alpha value is -1.59. The Morgan fingerprint density at radius 2 is 2.33 bits per heavy atom. The number of rotatable bonds is 3. The van der Waals surface area contributed by atoms with Crippen LogP contribution in [-0.2, 0) is 6.54 Å². The van der Waals surface area contributed by atoms with E-state index in [1.54, 1.807) is 0 Å². The molecule has 0 fully saturated rings. The summed E-state index contributed by atoms with van der Waals surface area (Å²) in [5, 5.41) is 15.0. The zero-order chi connectivity index (χ0) is 13.1. The molecule has 6 heteroatoms. The predicted molar refractivity (Wildman–Crippen MR) is 71.1 cm³/mol. The van der Waals surface area contributed by atoms with Gasteiger partial charge in [-0.3, -0.25) is 4.79 Å². The second-order valence-corrected chi connectivity index (χ2v) is 5.18. The molecule has 0 aliphatic heterocycles. The SMILES string of the molecule is Cc1nc(CNC(=O)c2ccc(O)c(Cl)c2)cs1. The van der Waals surface area contributed by atoms with Gasteiger partial charge in [-0.2, -0.15) is 0 Å². The van der Waals surface area contributed by atoms with Gasteiger partial charge in [0.15, 0.2) is 0 Å². The Balaban J connectivity index is 2.01. The average molecular weight is 283 g/mol. The molecule has 0 aliphatic rings. The maximum absolute atomic E-state index is 11.8. The van der Waals surface area contributed by atoms with Crippen molar-refractivity contribution in [3.8, 4) is 5.75 Å². The highest BCUT2D eigenvalue weighted by Gasteiger charge is 2.08. The van der Waals surface area contributed by atoms with Gasteiger partial charge < -0.3 is 10.4 Å². The molecule has 1 heterocycles. The summed E-state index contributed by atoms with van der Waals surface area (Å²) in [5.74, 6) is -0.286. The van der Waals surface area contributed by atoms with Gasteiger partial charge in [-0.15, -0.1) is 11.3 Å². The summed E-state index contributed by atoms with van der Waals surface area (Å²) in [7, 11) is 0. The minimum atomic E-state index is -0.248. The second kappa shape index (κ2) is 5.37. The largest absolute Gasteiger partial charge is 0.506 e. The first kappa shape index (κ1) is 12.9.